The molecule has 7 nitrogen and oxygen atoms in total. The number of benzene rings is 2. The van der Waals surface area contributed by atoms with Crippen LogP contribution in [-0.4, -0.2) is 39.4 Å². The first-order chi connectivity index (χ1) is 18.5. The number of carbonyl (C=O) groups is 2. The van der Waals surface area contributed by atoms with Crippen LogP contribution in [0, 0.1) is 0 Å². The Balaban J connectivity index is 1.52. The highest BCUT2D eigenvalue weighted by Crippen LogP contribution is 2.41. The van der Waals surface area contributed by atoms with Gasteiger partial charge in [-0.15, -0.1) is 0 Å². The van der Waals surface area contributed by atoms with Gasteiger partial charge in [-0.05, 0) is 66.4 Å². The van der Waals surface area contributed by atoms with E-state index in [1.807, 2.05) is 43.3 Å². The van der Waals surface area contributed by atoms with E-state index in [1.165, 1.54) is 4.90 Å². The number of amides is 1. The minimum Gasteiger partial charge on any atom is -0.507 e. The molecule has 5 rings (SSSR count). The predicted molar refractivity (Wildman–Crippen MR) is 144 cm³/mol. The number of hydrogen-bond acceptors (Lipinski definition) is 6. The van der Waals surface area contributed by atoms with Gasteiger partial charge in [-0.2, -0.15) is 0 Å². The van der Waals surface area contributed by atoms with E-state index in [-0.39, 0.29) is 24.0 Å². The average Bonchev–Trinajstić information content (AvgIpc) is 3.43. The van der Waals surface area contributed by atoms with Crippen LogP contribution in [0.1, 0.15) is 61.4 Å². The molecule has 7 heteroatoms. The quantitative estimate of drug-likeness (QED) is 0.174. The molecule has 3 heterocycles. The molecule has 0 bridgehead atoms. The summed E-state index contributed by atoms with van der Waals surface area (Å²) < 4.78 is 11.6. The lowest BCUT2D eigenvalue weighted by atomic mass is 9.94. The van der Waals surface area contributed by atoms with E-state index in [0.29, 0.717) is 17.7 Å². The Morgan fingerprint density at radius 1 is 1.13 bits per heavy atom. The average molecular weight is 513 g/mol. The van der Waals surface area contributed by atoms with Crippen molar-refractivity contribution in [3.8, 4) is 11.5 Å². The number of likely N-dealkylation sites (tertiary alicyclic amines) is 1. The summed E-state index contributed by atoms with van der Waals surface area (Å²) >= 11 is 0. The van der Waals surface area contributed by atoms with Crippen LogP contribution in [0.4, 0.5) is 0 Å². The number of nitrogens with zero attached hydrogens (tertiary/aromatic N) is 2. The molecule has 2 unspecified atom stereocenters. The number of pyridine rings is 1. The molecule has 1 saturated heterocycles. The van der Waals surface area contributed by atoms with Crippen molar-refractivity contribution in [3.05, 3.63) is 94.8 Å². The molecule has 1 fully saturated rings. The molecule has 0 spiro atoms. The number of unbranched alkanes of at least 4 members (excludes halogenated alkanes) is 2. The van der Waals surface area contributed by atoms with Gasteiger partial charge in [0.05, 0.1) is 18.2 Å². The molecule has 1 amide bonds. The zero-order chi connectivity index (χ0) is 26.6. The Labute approximate surface area is 222 Å². The highest BCUT2D eigenvalue weighted by molar-refractivity contribution is 6.46. The zero-order valence-corrected chi connectivity index (χ0v) is 21.7. The van der Waals surface area contributed by atoms with E-state index in [2.05, 4.69) is 11.9 Å². The van der Waals surface area contributed by atoms with Crippen molar-refractivity contribution in [1.82, 2.24) is 9.88 Å². The number of fused-ring (bicyclic) bond motifs is 1. The number of aromatic nitrogens is 1. The molecular formula is C31H32N2O5. The van der Waals surface area contributed by atoms with Gasteiger partial charge in [-0.3, -0.25) is 14.6 Å². The molecule has 1 aromatic heterocycles. The topological polar surface area (TPSA) is 89.0 Å². The fourth-order valence-corrected chi connectivity index (χ4v) is 5.09. The first-order valence-corrected chi connectivity index (χ1v) is 13.2. The maximum Gasteiger partial charge on any atom is 0.295 e. The lowest BCUT2D eigenvalue weighted by Crippen LogP contribution is -2.29. The third kappa shape index (κ3) is 5.14. The van der Waals surface area contributed by atoms with E-state index in [9.17, 15) is 14.7 Å². The minimum atomic E-state index is -0.757. The van der Waals surface area contributed by atoms with Gasteiger partial charge in [0.2, 0.25) is 0 Å². The van der Waals surface area contributed by atoms with Crippen LogP contribution in [0.2, 0.25) is 0 Å². The van der Waals surface area contributed by atoms with E-state index in [1.54, 1.807) is 30.6 Å². The summed E-state index contributed by atoms with van der Waals surface area (Å²) in [7, 11) is 0. The number of ether oxygens (including phenoxy) is 2. The first-order valence-electron chi connectivity index (χ1n) is 13.2. The van der Waals surface area contributed by atoms with Gasteiger partial charge in [-0.25, -0.2) is 0 Å². The van der Waals surface area contributed by atoms with Gasteiger partial charge in [0.1, 0.15) is 23.4 Å². The number of rotatable bonds is 9. The smallest absolute Gasteiger partial charge is 0.295 e. The van der Waals surface area contributed by atoms with Gasteiger partial charge in [0.15, 0.2) is 0 Å². The molecular weight excluding hydrogens is 480 g/mol. The molecule has 2 atom stereocenters. The van der Waals surface area contributed by atoms with Gasteiger partial charge >= 0.3 is 0 Å². The number of Topliss-reactive ketones (excluding diaryl/α,β-unsaturated/α-hetero) is 1. The zero-order valence-electron chi connectivity index (χ0n) is 21.7. The molecule has 1 N–H and O–H groups in total. The molecule has 196 valence electrons. The van der Waals surface area contributed by atoms with Crippen molar-refractivity contribution in [1.29, 1.82) is 0 Å². The van der Waals surface area contributed by atoms with Crippen molar-refractivity contribution >= 4 is 17.4 Å². The Morgan fingerprint density at radius 2 is 1.95 bits per heavy atom. The second-order valence-corrected chi connectivity index (χ2v) is 9.87. The normalized spacial score (nSPS) is 19.9. The molecule has 2 aromatic carbocycles. The number of ketones is 1. The van der Waals surface area contributed by atoms with Crippen LogP contribution >= 0.6 is 0 Å². The molecule has 0 radical (unpaired) electrons. The predicted octanol–water partition coefficient (Wildman–Crippen LogP) is 5.60. The molecule has 0 saturated carbocycles. The van der Waals surface area contributed by atoms with Crippen LogP contribution in [0.25, 0.3) is 5.76 Å². The standard InChI is InChI=1S/C31H32N2O5/c1-3-4-5-15-37-25-11-8-22(9-12-25)28-27(29(34)23-10-13-26-24(17-23)16-20(2)38-26)30(35)31(36)33(28)19-21-7-6-14-32-18-21/h6-14,17-18,20,28,34H,3-5,15-16,19H2,1-2H3. The van der Waals surface area contributed by atoms with Crippen molar-refractivity contribution in [2.45, 2.75) is 58.2 Å². The summed E-state index contributed by atoms with van der Waals surface area (Å²) in [5, 5.41) is 11.4. The maximum atomic E-state index is 13.4. The SMILES string of the molecule is CCCCCOc1ccc(C2C(=C(O)c3ccc4c(c3)CC(C)O4)C(=O)C(=O)N2Cc2cccnc2)cc1. The fraction of sp³-hybridized carbons (Fsp3) is 0.323. The van der Waals surface area contributed by atoms with Crippen LogP contribution in [0.15, 0.2) is 72.6 Å². The monoisotopic (exact) mass is 512 g/mol. The van der Waals surface area contributed by atoms with E-state index in [0.717, 1.165) is 48.3 Å². The van der Waals surface area contributed by atoms with E-state index >= 15 is 0 Å². The Hall–Kier alpha value is -4.13. The van der Waals surface area contributed by atoms with Crippen molar-refractivity contribution < 1.29 is 24.2 Å². The van der Waals surface area contributed by atoms with Gasteiger partial charge in [-0.1, -0.05) is 38.0 Å². The summed E-state index contributed by atoms with van der Waals surface area (Å²) in [6, 6.07) is 15.7. The number of carbonyl (C=O) groups excluding carboxylic acids is 2. The van der Waals surface area contributed by atoms with E-state index in [4.69, 9.17) is 9.47 Å². The minimum absolute atomic E-state index is 0.0511. The molecule has 38 heavy (non-hydrogen) atoms. The van der Waals surface area contributed by atoms with E-state index < -0.39 is 17.7 Å². The second kappa shape index (κ2) is 11.1. The molecule has 2 aliphatic heterocycles. The van der Waals surface area contributed by atoms with Crippen molar-refractivity contribution in [3.63, 3.8) is 0 Å². The number of aliphatic hydroxyl groups excluding tert-OH is 1. The summed E-state index contributed by atoms with van der Waals surface area (Å²) in [6.45, 7) is 4.95. The van der Waals surface area contributed by atoms with Crippen molar-refractivity contribution in [2.24, 2.45) is 0 Å². The van der Waals surface area contributed by atoms with Gasteiger partial charge in [0.25, 0.3) is 11.7 Å². The van der Waals surface area contributed by atoms with Gasteiger partial charge < -0.3 is 19.5 Å². The maximum absolute atomic E-state index is 13.4. The summed E-state index contributed by atoms with van der Waals surface area (Å²) in [5.41, 5.74) is 3.03. The largest absolute Gasteiger partial charge is 0.507 e. The Kier molecular flexibility index (Phi) is 7.45. The second-order valence-electron chi connectivity index (χ2n) is 9.87. The van der Waals surface area contributed by atoms with Crippen LogP contribution in [0.3, 0.4) is 0 Å². The summed E-state index contributed by atoms with van der Waals surface area (Å²) in [5.74, 6) is -0.0527. The first kappa shape index (κ1) is 25.5. The number of aliphatic hydroxyl groups is 1. The Bertz CT molecular complexity index is 1350. The molecule has 0 aliphatic carbocycles. The third-order valence-electron chi connectivity index (χ3n) is 7.00. The highest BCUT2D eigenvalue weighted by Gasteiger charge is 2.46. The van der Waals surface area contributed by atoms with Crippen LogP contribution in [0.5, 0.6) is 11.5 Å². The van der Waals surface area contributed by atoms with Crippen LogP contribution in [-0.2, 0) is 22.6 Å². The summed E-state index contributed by atoms with van der Waals surface area (Å²) in [4.78, 5) is 32.3. The Morgan fingerprint density at radius 3 is 2.68 bits per heavy atom. The third-order valence-corrected chi connectivity index (χ3v) is 7.00. The lowest BCUT2D eigenvalue weighted by Gasteiger charge is -2.25. The molecule has 3 aromatic rings. The van der Waals surface area contributed by atoms with Crippen molar-refractivity contribution in [2.75, 3.05) is 6.61 Å². The van der Waals surface area contributed by atoms with Crippen LogP contribution < -0.4 is 9.47 Å². The highest BCUT2D eigenvalue weighted by atomic mass is 16.5. The molecule has 2 aliphatic rings. The lowest BCUT2D eigenvalue weighted by molar-refractivity contribution is -0.140. The fourth-order valence-electron chi connectivity index (χ4n) is 5.09. The van der Waals surface area contributed by atoms with Gasteiger partial charge in [0, 0.05) is 30.9 Å². The summed E-state index contributed by atoms with van der Waals surface area (Å²) in [6.07, 6.45) is 7.30. The number of hydrogen-bond donors (Lipinski definition) is 1.